The van der Waals surface area contributed by atoms with Gasteiger partial charge in [0.2, 0.25) is 0 Å². The molecule has 0 atom stereocenters. The Morgan fingerprint density at radius 2 is 0.495 bits per heavy atom. The Kier molecular flexibility index (Phi) is 16.4. The molecule has 0 bridgehead atoms. The van der Waals surface area contributed by atoms with Gasteiger partial charge in [0.15, 0.2) is 0 Å². The zero-order valence-corrected chi connectivity index (χ0v) is 65.4. The molecule has 0 spiro atoms. The molecule has 4 aliphatic carbocycles. The van der Waals surface area contributed by atoms with Crippen molar-refractivity contribution in [2.24, 2.45) is 0 Å². The molecule has 22 rings (SSSR count). The van der Waals surface area contributed by atoms with Crippen LogP contribution >= 0.6 is 31.9 Å². The quantitative estimate of drug-likeness (QED) is 0.161. The Labute approximate surface area is 664 Å². The van der Waals surface area contributed by atoms with Crippen LogP contribution in [0.1, 0.15) is 107 Å². The molecule has 0 saturated heterocycles. The van der Waals surface area contributed by atoms with Crippen molar-refractivity contribution in [1.29, 1.82) is 0 Å². The highest BCUT2D eigenvalue weighted by atomic mass is 79.9. The van der Waals surface area contributed by atoms with Gasteiger partial charge >= 0.3 is 7.69 Å². The normalized spacial score (nSPS) is 14.3. The van der Waals surface area contributed by atoms with Gasteiger partial charge < -0.3 is 22.9 Å². The number of hydrogen-bond donors (Lipinski definition) is 1. The van der Waals surface area contributed by atoms with Gasteiger partial charge in [-0.15, -0.1) is 0 Å². The average Bonchev–Trinajstić information content (AvgIpc) is 1.54. The van der Waals surface area contributed by atoms with Crippen molar-refractivity contribution < 1.29 is 22.9 Å². The van der Waals surface area contributed by atoms with Crippen LogP contribution in [-0.4, -0.2) is 12.7 Å². The van der Waals surface area contributed by atoms with Gasteiger partial charge in [-0.1, -0.05) is 277 Å². The first-order valence-corrected chi connectivity index (χ1v) is 39.3. The smallest absolute Gasteiger partial charge is 0.537 e. The maximum Gasteiger partial charge on any atom is 0.569 e. The maximum atomic E-state index is 8.78. The summed E-state index contributed by atoms with van der Waals surface area (Å²) >= 11 is 7.34. The lowest BCUT2D eigenvalue weighted by molar-refractivity contribution is 0.454. The summed E-state index contributed by atoms with van der Waals surface area (Å²) in [5, 5.41) is 15.3. The largest absolute Gasteiger partial charge is 0.569 e. The van der Waals surface area contributed by atoms with E-state index in [-0.39, 0.29) is 29.1 Å². The first-order valence-electron chi connectivity index (χ1n) is 37.7. The molecule has 0 unspecified atom stereocenters. The summed E-state index contributed by atoms with van der Waals surface area (Å²) in [4.78, 5) is 0. The minimum absolute atomic E-state index is 0. The lowest BCUT2D eigenvalue weighted by Gasteiger charge is -2.24. The van der Waals surface area contributed by atoms with Gasteiger partial charge in [0.05, 0.1) is 0 Å². The van der Waals surface area contributed by atoms with Crippen molar-refractivity contribution in [3.05, 3.63) is 351 Å². The van der Waals surface area contributed by atoms with Crippen molar-refractivity contribution in [3.63, 3.8) is 0 Å². The standard InChI is InChI=1S/C60H42O2.C24H20Br2.C18H12BO3.CH4/c1-59(2)49-23-24-50-58(57(49)43-21-15-41(33-51(43)59)39-19-27-55-47(31-39)45-29-37(17-25-53(45)61-55)35-11-7-5-8-12-35)44-22-16-42(34-52(44)60(50,3)4)40-20-28-56-48(32-40)46-30-38(18-26-54(46)62-56)36-13-9-6-10-14-36;1-23(2)17-9-10-18-22(21(17)15-7-5-13(25)11-19(15)23)16-8-6-14(26)12-20(16)24(18,3)4;20-19-22-14-7-9-18-16(11-14)15-10-13(6-8-17(15)21-18)12-4-2-1-3-5-12;/h5-34H,1-4H3;5-12H,1-4H3;1-11,20H;1H4. The molecule has 0 aliphatic heterocycles. The molecule has 1 radical (unpaired) electrons. The summed E-state index contributed by atoms with van der Waals surface area (Å²) in [6.45, 7) is 19.0. The zero-order chi connectivity index (χ0) is 74.9. The van der Waals surface area contributed by atoms with E-state index in [9.17, 15) is 0 Å². The van der Waals surface area contributed by atoms with Crippen LogP contribution in [0.15, 0.2) is 319 Å². The number of hydrogen-bond acceptors (Lipinski definition) is 5. The first kappa shape index (κ1) is 69.9. The third-order valence-electron chi connectivity index (χ3n) is 24.4. The van der Waals surface area contributed by atoms with E-state index in [0.29, 0.717) is 13.4 Å². The van der Waals surface area contributed by atoms with Crippen molar-refractivity contribution in [2.75, 3.05) is 0 Å². The van der Waals surface area contributed by atoms with E-state index in [2.05, 4.69) is 342 Å². The van der Waals surface area contributed by atoms with Gasteiger partial charge in [-0.25, -0.2) is 0 Å². The fraction of sp³-hybridized carbons (Fsp3) is 0.126. The Hall–Kier alpha value is -11.5. The van der Waals surface area contributed by atoms with Gasteiger partial charge in [0.1, 0.15) is 39.2 Å². The van der Waals surface area contributed by atoms with E-state index in [1.807, 2.05) is 36.4 Å². The molecule has 0 fully saturated rings. The molecule has 3 aromatic heterocycles. The predicted molar refractivity (Wildman–Crippen MR) is 469 cm³/mol. The van der Waals surface area contributed by atoms with E-state index in [0.717, 1.165) is 85.9 Å². The second kappa shape index (κ2) is 26.1. The van der Waals surface area contributed by atoms with Crippen LogP contribution in [0.2, 0.25) is 0 Å². The van der Waals surface area contributed by atoms with Gasteiger partial charge in [0, 0.05) is 62.9 Å². The van der Waals surface area contributed by atoms with Gasteiger partial charge in [-0.05, 0) is 260 Å². The Morgan fingerprint density at radius 1 is 0.252 bits per heavy atom. The van der Waals surface area contributed by atoms with Crippen LogP contribution in [-0.2, 0) is 21.7 Å². The van der Waals surface area contributed by atoms with Crippen molar-refractivity contribution in [1.82, 2.24) is 0 Å². The summed E-state index contributed by atoms with van der Waals surface area (Å²) in [6, 6.07) is 107. The minimum atomic E-state index is -0.164. The topological polar surface area (TPSA) is 68.9 Å². The summed E-state index contributed by atoms with van der Waals surface area (Å²) in [6.07, 6.45) is 0. The van der Waals surface area contributed by atoms with Crippen LogP contribution in [0.25, 0.3) is 166 Å². The van der Waals surface area contributed by atoms with Crippen LogP contribution in [0.3, 0.4) is 0 Å². The average molecular weight is 1570 g/mol. The lowest BCUT2D eigenvalue weighted by atomic mass is 9.79. The molecular formula is C103H78BBr2O5. The first-order chi connectivity index (χ1) is 53.3. The molecule has 3 heterocycles. The van der Waals surface area contributed by atoms with Crippen LogP contribution in [0.4, 0.5) is 0 Å². The molecule has 1 N–H and O–H groups in total. The SMILES string of the molecule is C.CC1(C)c2cc(-c3ccc4oc5ccc(-c6ccccc6)cc5c4c3)ccc2-c2c1ccc1c2-c2ccc(-c3ccc4oc5ccc(-c6ccccc6)cc5c4c3)cc2C1(C)C.CC1(C)c2cc(Br)ccc2-c2c1ccc1c2-c2ccc(Br)cc2C1(C)C.O[B]Oc1ccc2oc3ccc(-c4ccccc4)cc3c2c1. The molecule has 15 aromatic carbocycles. The fourth-order valence-corrected chi connectivity index (χ4v) is 19.4. The molecule has 0 saturated carbocycles. The molecule has 111 heavy (non-hydrogen) atoms. The van der Waals surface area contributed by atoms with E-state index in [4.69, 9.17) is 22.9 Å². The molecule has 0 amide bonds. The van der Waals surface area contributed by atoms with Gasteiger partial charge in [0.25, 0.3) is 0 Å². The van der Waals surface area contributed by atoms with Gasteiger partial charge in [-0.2, -0.15) is 0 Å². The number of fused-ring (bicyclic) bond motifs is 23. The Bertz CT molecular complexity index is 6540. The van der Waals surface area contributed by atoms with Crippen molar-refractivity contribution >= 4 is 105 Å². The second-order valence-electron chi connectivity index (χ2n) is 32.1. The summed E-state index contributed by atoms with van der Waals surface area (Å²) in [5.74, 6) is 0.572. The molecule has 18 aromatic rings. The second-order valence-corrected chi connectivity index (χ2v) is 33.9. The molecule has 537 valence electrons. The summed E-state index contributed by atoms with van der Waals surface area (Å²) in [7, 11) is 0.679. The minimum Gasteiger partial charge on any atom is -0.537 e. The van der Waals surface area contributed by atoms with E-state index in [1.54, 1.807) is 6.07 Å². The molecule has 4 aliphatic rings. The summed E-state index contributed by atoms with van der Waals surface area (Å²) < 4.78 is 25.9. The van der Waals surface area contributed by atoms with Gasteiger partial charge in [-0.3, -0.25) is 0 Å². The monoisotopic (exact) mass is 1560 g/mol. The lowest BCUT2D eigenvalue weighted by Crippen LogP contribution is -2.17. The van der Waals surface area contributed by atoms with Crippen LogP contribution in [0.5, 0.6) is 5.75 Å². The molecule has 8 heteroatoms. The number of furan rings is 3. The molecule has 5 nitrogen and oxygen atoms in total. The van der Waals surface area contributed by atoms with E-state index >= 15 is 0 Å². The highest BCUT2D eigenvalue weighted by Crippen LogP contribution is 2.62. The number of rotatable bonds is 7. The Morgan fingerprint density at radius 3 is 0.793 bits per heavy atom. The van der Waals surface area contributed by atoms with Crippen molar-refractivity contribution in [2.45, 2.75) is 84.5 Å². The predicted octanol–water partition coefficient (Wildman–Crippen LogP) is 29.4. The maximum absolute atomic E-state index is 8.78. The van der Waals surface area contributed by atoms with E-state index < -0.39 is 0 Å². The Balaban J connectivity index is 0.000000138. The van der Waals surface area contributed by atoms with Crippen molar-refractivity contribution in [3.8, 4) is 106 Å². The highest BCUT2D eigenvalue weighted by molar-refractivity contribution is 9.10. The van der Waals surface area contributed by atoms with E-state index in [1.165, 1.54) is 134 Å². The zero-order valence-electron chi connectivity index (χ0n) is 62.2. The highest BCUT2D eigenvalue weighted by Gasteiger charge is 2.46. The number of halogens is 2. The fourth-order valence-electron chi connectivity index (χ4n) is 18.6. The third-order valence-corrected chi connectivity index (χ3v) is 25.4. The van der Waals surface area contributed by atoms with Crippen LogP contribution < -0.4 is 4.65 Å². The van der Waals surface area contributed by atoms with Crippen LogP contribution in [0, 0.1) is 0 Å². The number of benzene rings is 15. The molecular weight excluding hydrogens is 1490 g/mol. The third kappa shape index (κ3) is 11.1. The summed E-state index contributed by atoms with van der Waals surface area (Å²) in [5.41, 5.74) is 39.3.